The largest absolute Gasteiger partial charge is 0.441 e. The van der Waals surface area contributed by atoms with Crippen molar-refractivity contribution in [2.45, 2.75) is 11.9 Å². The highest BCUT2D eigenvalue weighted by Crippen LogP contribution is 2.23. The minimum Gasteiger partial charge on any atom is -0.441 e. The Morgan fingerprint density at radius 3 is 3.00 bits per heavy atom. The van der Waals surface area contributed by atoms with Gasteiger partial charge >= 0.3 is 0 Å². The Morgan fingerprint density at radius 1 is 1.50 bits per heavy atom. The molecule has 1 atom stereocenters. The molecule has 0 aliphatic rings. The standard InChI is InChI=1S/C10H11BrN2O/c1-6-13-8-5-7(10(11)12-2)3-4-9(8)14-6/h3-5,10,12H,1-2H3. The first-order chi connectivity index (χ1) is 6.70. The molecule has 1 N–H and O–H groups in total. The molecule has 0 saturated carbocycles. The lowest BCUT2D eigenvalue weighted by Gasteiger charge is -2.07. The molecule has 1 unspecified atom stereocenters. The van der Waals surface area contributed by atoms with Gasteiger partial charge in [-0.2, -0.15) is 0 Å². The van der Waals surface area contributed by atoms with Gasteiger partial charge in [0.2, 0.25) is 0 Å². The van der Waals surface area contributed by atoms with Crippen molar-refractivity contribution in [1.82, 2.24) is 10.3 Å². The Kier molecular flexibility index (Phi) is 2.56. The number of rotatable bonds is 2. The molecule has 74 valence electrons. The maximum Gasteiger partial charge on any atom is 0.192 e. The molecule has 3 nitrogen and oxygen atoms in total. The third kappa shape index (κ3) is 1.67. The lowest BCUT2D eigenvalue weighted by molar-refractivity contribution is 0.561. The van der Waals surface area contributed by atoms with Crippen molar-refractivity contribution in [3.63, 3.8) is 0 Å². The van der Waals surface area contributed by atoms with E-state index in [9.17, 15) is 0 Å². The summed E-state index contributed by atoms with van der Waals surface area (Å²) in [5, 5.41) is 3.11. The van der Waals surface area contributed by atoms with Crippen molar-refractivity contribution in [1.29, 1.82) is 0 Å². The fourth-order valence-corrected chi connectivity index (χ4v) is 1.67. The van der Waals surface area contributed by atoms with Crippen LogP contribution in [0.25, 0.3) is 11.1 Å². The van der Waals surface area contributed by atoms with Gasteiger partial charge in [-0.1, -0.05) is 22.0 Å². The van der Waals surface area contributed by atoms with E-state index in [1.54, 1.807) is 0 Å². The molecule has 0 saturated heterocycles. The first-order valence-corrected chi connectivity index (χ1v) is 5.30. The van der Waals surface area contributed by atoms with E-state index in [1.807, 2.05) is 32.2 Å². The molecule has 0 aliphatic carbocycles. The molecule has 1 aromatic carbocycles. The molecular formula is C10H11BrN2O. The van der Waals surface area contributed by atoms with Crippen LogP contribution in [0, 0.1) is 6.92 Å². The fraction of sp³-hybridized carbons (Fsp3) is 0.300. The summed E-state index contributed by atoms with van der Waals surface area (Å²) in [4.78, 5) is 4.43. The summed E-state index contributed by atoms with van der Waals surface area (Å²) in [5.74, 6) is 0.702. The SMILES string of the molecule is CNC(Br)c1ccc2oc(C)nc2c1. The smallest absolute Gasteiger partial charge is 0.192 e. The molecule has 0 aliphatic heterocycles. The minimum absolute atomic E-state index is 0.156. The number of aryl methyl sites for hydroxylation is 1. The first-order valence-electron chi connectivity index (χ1n) is 4.39. The third-order valence-electron chi connectivity index (χ3n) is 2.06. The molecule has 0 spiro atoms. The topological polar surface area (TPSA) is 38.1 Å². The summed E-state index contributed by atoms with van der Waals surface area (Å²) in [5.41, 5.74) is 2.88. The molecule has 0 bridgehead atoms. The average Bonchev–Trinajstić information content (AvgIpc) is 2.55. The molecule has 2 aromatic rings. The van der Waals surface area contributed by atoms with Crippen LogP contribution in [-0.2, 0) is 0 Å². The van der Waals surface area contributed by atoms with Gasteiger partial charge in [0.05, 0.1) is 4.95 Å². The zero-order valence-electron chi connectivity index (χ0n) is 8.04. The second kappa shape index (κ2) is 3.71. The Bertz CT molecular complexity index is 452. The highest BCUT2D eigenvalue weighted by atomic mass is 79.9. The van der Waals surface area contributed by atoms with Crippen LogP contribution in [0.15, 0.2) is 22.6 Å². The Labute approximate surface area is 90.6 Å². The van der Waals surface area contributed by atoms with Crippen LogP contribution < -0.4 is 5.32 Å². The van der Waals surface area contributed by atoms with Crippen molar-refractivity contribution < 1.29 is 4.42 Å². The van der Waals surface area contributed by atoms with Gasteiger partial charge in [-0.3, -0.25) is 0 Å². The quantitative estimate of drug-likeness (QED) is 0.662. The number of hydrogen-bond donors (Lipinski definition) is 1. The summed E-state index contributed by atoms with van der Waals surface area (Å²) in [6.07, 6.45) is 0. The molecular weight excluding hydrogens is 244 g/mol. The maximum absolute atomic E-state index is 5.39. The first kappa shape index (κ1) is 9.68. The lowest BCUT2D eigenvalue weighted by atomic mass is 10.2. The van der Waals surface area contributed by atoms with Crippen molar-refractivity contribution in [3.05, 3.63) is 29.7 Å². The van der Waals surface area contributed by atoms with Crippen LogP contribution in [0.1, 0.15) is 16.4 Å². The van der Waals surface area contributed by atoms with Crippen LogP contribution in [0.2, 0.25) is 0 Å². The molecule has 2 rings (SSSR count). The van der Waals surface area contributed by atoms with Gasteiger partial charge in [-0.25, -0.2) is 4.98 Å². The van der Waals surface area contributed by atoms with E-state index in [-0.39, 0.29) is 4.95 Å². The molecule has 0 amide bonds. The molecule has 1 heterocycles. The summed E-state index contributed by atoms with van der Waals surface area (Å²) in [6, 6.07) is 5.97. The average molecular weight is 255 g/mol. The van der Waals surface area contributed by atoms with Gasteiger partial charge in [0.25, 0.3) is 0 Å². The Balaban J connectivity index is 2.50. The number of nitrogens with one attached hydrogen (secondary N) is 1. The van der Waals surface area contributed by atoms with Crippen molar-refractivity contribution in [2.75, 3.05) is 7.05 Å². The van der Waals surface area contributed by atoms with E-state index in [1.165, 1.54) is 0 Å². The number of alkyl halides is 1. The van der Waals surface area contributed by atoms with Gasteiger partial charge in [-0.05, 0) is 24.7 Å². The molecule has 1 aromatic heterocycles. The van der Waals surface area contributed by atoms with Gasteiger partial charge in [0.15, 0.2) is 11.5 Å². The van der Waals surface area contributed by atoms with Crippen LogP contribution in [0.3, 0.4) is 0 Å². The van der Waals surface area contributed by atoms with Crippen LogP contribution in [0.5, 0.6) is 0 Å². The number of aromatic nitrogens is 1. The van der Waals surface area contributed by atoms with Gasteiger partial charge in [0, 0.05) is 6.92 Å². The lowest BCUT2D eigenvalue weighted by Crippen LogP contribution is -2.08. The predicted molar refractivity (Wildman–Crippen MR) is 59.5 cm³/mol. The van der Waals surface area contributed by atoms with E-state index < -0.39 is 0 Å². The number of oxazole rings is 1. The molecule has 14 heavy (non-hydrogen) atoms. The highest BCUT2D eigenvalue weighted by Gasteiger charge is 2.07. The van der Waals surface area contributed by atoms with E-state index in [4.69, 9.17) is 4.42 Å². The van der Waals surface area contributed by atoms with Crippen molar-refractivity contribution in [3.8, 4) is 0 Å². The third-order valence-corrected chi connectivity index (χ3v) is 3.05. The van der Waals surface area contributed by atoms with E-state index in [0.717, 1.165) is 16.7 Å². The number of fused-ring (bicyclic) bond motifs is 1. The van der Waals surface area contributed by atoms with Crippen molar-refractivity contribution >= 4 is 27.0 Å². The Hall–Kier alpha value is -0.870. The zero-order chi connectivity index (χ0) is 10.1. The number of nitrogens with zero attached hydrogens (tertiary/aromatic N) is 1. The number of benzene rings is 1. The van der Waals surface area contributed by atoms with Crippen LogP contribution in [0.4, 0.5) is 0 Å². The minimum atomic E-state index is 0.156. The molecule has 4 heteroatoms. The molecule has 0 fully saturated rings. The van der Waals surface area contributed by atoms with Crippen molar-refractivity contribution in [2.24, 2.45) is 0 Å². The van der Waals surface area contributed by atoms with Gasteiger partial charge in [0.1, 0.15) is 5.52 Å². The second-order valence-corrected chi connectivity index (χ2v) is 4.03. The van der Waals surface area contributed by atoms with E-state index >= 15 is 0 Å². The maximum atomic E-state index is 5.39. The summed E-state index contributed by atoms with van der Waals surface area (Å²) in [7, 11) is 1.90. The Morgan fingerprint density at radius 2 is 2.29 bits per heavy atom. The molecule has 0 radical (unpaired) electrons. The fourth-order valence-electron chi connectivity index (χ4n) is 1.38. The van der Waals surface area contributed by atoms with E-state index in [0.29, 0.717) is 5.89 Å². The summed E-state index contributed by atoms with van der Waals surface area (Å²) in [6.45, 7) is 1.85. The summed E-state index contributed by atoms with van der Waals surface area (Å²) < 4.78 is 5.39. The number of hydrogen-bond acceptors (Lipinski definition) is 3. The number of halogens is 1. The normalized spacial score (nSPS) is 13.4. The van der Waals surface area contributed by atoms with Gasteiger partial charge in [-0.15, -0.1) is 0 Å². The second-order valence-electron chi connectivity index (χ2n) is 3.11. The van der Waals surface area contributed by atoms with Gasteiger partial charge < -0.3 is 9.73 Å². The summed E-state index contributed by atoms with van der Waals surface area (Å²) >= 11 is 3.51. The van der Waals surface area contributed by atoms with Crippen LogP contribution in [-0.4, -0.2) is 12.0 Å². The van der Waals surface area contributed by atoms with E-state index in [2.05, 4.69) is 26.2 Å². The zero-order valence-corrected chi connectivity index (χ0v) is 9.63. The van der Waals surface area contributed by atoms with Crippen LogP contribution >= 0.6 is 15.9 Å². The highest BCUT2D eigenvalue weighted by molar-refractivity contribution is 9.09. The monoisotopic (exact) mass is 254 g/mol. The predicted octanol–water partition coefficient (Wildman–Crippen LogP) is 2.75.